The minimum absolute atomic E-state index is 0.136. The second kappa shape index (κ2) is 6.45. The van der Waals surface area contributed by atoms with Gasteiger partial charge in [0.15, 0.2) is 0 Å². The van der Waals surface area contributed by atoms with E-state index in [0.717, 1.165) is 68.5 Å². The standard InChI is InChI=1S/C21H27N3O2/c1-16(25)23-12-9-21(10-13-23)8-5-11-24(15-21)20(26)19-14-17-6-3-4-7-18(17)22(19)2/h3-4,6-7,14H,5,8-13,15H2,1-2H3. The van der Waals surface area contributed by atoms with Crippen LogP contribution in [0.4, 0.5) is 0 Å². The number of carbonyl (C=O) groups excluding carboxylic acids is 2. The molecule has 2 aliphatic heterocycles. The van der Waals surface area contributed by atoms with Gasteiger partial charge in [-0.1, -0.05) is 18.2 Å². The third-order valence-electron chi connectivity index (χ3n) is 6.39. The molecule has 2 fully saturated rings. The van der Waals surface area contributed by atoms with Crippen molar-refractivity contribution < 1.29 is 9.59 Å². The highest BCUT2D eigenvalue weighted by Gasteiger charge is 2.40. The third kappa shape index (κ3) is 2.89. The zero-order valence-corrected chi connectivity index (χ0v) is 15.7. The molecule has 1 aromatic carbocycles. The Morgan fingerprint density at radius 1 is 1.00 bits per heavy atom. The Morgan fingerprint density at radius 3 is 2.42 bits per heavy atom. The van der Waals surface area contributed by atoms with Crippen LogP contribution in [0.3, 0.4) is 0 Å². The summed E-state index contributed by atoms with van der Waals surface area (Å²) in [5.41, 5.74) is 2.05. The Balaban J connectivity index is 1.53. The Hall–Kier alpha value is -2.30. The van der Waals surface area contributed by atoms with Crippen LogP contribution in [0.25, 0.3) is 10.9 Å². The zero-order valence-electron chi connectivity index (χ0n) is 15.7. The van der Waals surface area contributed by atoms with Crippen LogP contribution in [-0.4, -0.2) is 52.4 Å². The van der Waals surface area contributed by atoms with Crippen molar-refractivity contribution >= 4 is 22.7 Å². The lowest BCUT2D eigenvalue weighted by Crippen LogP contribution is -2.52. The number of benzene rings is 1. The van der Waals surface area contributed by atoms with E-state index in [1.54, 1.807) is 6.92 Å². The summed E-state index contributed by atoms with van der Waals surface area (Å²) in [6.45, 7) is 4.95. The predicted molar refractivity (Wildman–Crippen MR) is 102 cm³/mol. The smallest absolute Gasteiger partial charge is 0.270 e. The lowest BCUT2D eigenvalue weighted by Gasteiger charge is -2.47. The Labute approximate surface area is 154 Å². The van der Waals surface area contributed by atoms with E-state index in [0.29, 0.717) is 0 Å². The summed E-state index contributed by atoms with van der Waals surface area (Å²) in [6.07, 6.45) is 4.23. The molecule has 5 nitrogen and oxygen atoms in total. The van der Waals surface area contributed by atoms with Crippen molar-refractivity contribution in [2.75, 3.05) is 26.2 Å². The summed E-state index contributed by atoms with van der Waals surface area (Å²) in [5, 5.41) is 1.11. The van der Waals surface area contributed by atoms with E-state index in [9.17, 15) is 9.59 Å². The second-order valence-corrected chi connectivity index (χ2v) is 7.98. The van der Waals surface area contributed by atoms with Gasteiger partial charge < -0.3 is 14.4 Å². The van der Waals surface area contributed by atoms with Crippen molar-refractivity contribution in [1.29, 1.82) is 0 Å². The van der Waals surface area contributed by atoms with E-state index in [-0.39, 0.29) is 17.2 Å². The van der Waals surface area contributed by atoms with Crippen LogP contribution >= 0.6 is 0 Å². The molecular weight excluding hydrogens is 326 g/mol. The van der Waals surface area contributed by atoms with E-state index in [2.05, 4.69) is 12.1 Å². The Morgan fingerprint density at radius 2 is 1.73 bits per heavy atom. The van der Waals surface area contributed by atoms with Crippen molar-refractivity contribution in [2.45, 2.75) is 32.6 Å². The molecule has 3 heterocycles. The van der Waals surface area contributed by atoms with Gasteiger partial charge >= 0.3 is 0 Å². The molecule has 2 aliphatic rings. The quantitative estimate of drug-likeness (QED) is 0.791. The molecule has 0 aliphatic carbocycles. The fraction of sp³-hybridized carbons (Fsp3) is 0.524. The van der Waals surface area contributed by atoms with Gasteiger partial charge in [-0.15, -0.1) is 0 Å². The van der Waals surface area contributed by atoms with Gasteiger partial charge in [-0.2, -0.15) is 0 Å². The molecule has 5 heteroatoms. The number of likely N-dealkylation sites (tertiary alicyclic amines) is 2. The van der Waals surface area contributed by atoms with E-state index < -0.39 is 0 Å². The fourth-order valence-electron chi connectivity index (χ4n) is 4.74. The number of fused-ring (bicyclic) bond motifs is 1. The van der Waals surface area contributed by atoms with Crippen LogP contribution in [-0.2, 0) is 11.8 Å². The number of aromatic nitrogens is 1. The first-order chi connectivity index (χ1) is 12.5. The maximum Gasteiger partial charge on any atom is 0.270 e. The summed E-state index contributed by atoms with van der Waals surface area (Å²) in [4.78, 5) is 28.8. The molecule has 4 rings (SSSR count). The van der Waals surface area contributed by atoms with Gasteiger partial charge in [-0.3, -0.25) is 9.59 Å². The van der Waals surface area contributed by atoms with Gasteiger partial charge in [0.1, 0.15) is 5.69 Å². The number of nitrogens with zero attached hydrogens (tertiary/aromatic N) is 3. The average molecular weight is 353 g/mol. The van der Waals surface area contributed by atoms with Crippen molar-refractivity contribution in [2.24, 2.45) is 12.5 Å². The summed E-state index contributed by atoms with van der Waals surface area (Å²) < 4.78 is 2.01. The van der Waals surface area contributed by atoms with Crippen LogP contribution in [0.5, 0.6) is 0 Å². The van der Waals surface area contributed by atoms with Crippen LogP contribution in [0.2, 0.25) is 0 Å². The van der Waals surface area contributed by atoms with E-state index in [4.69, 9.17) is 0 Å². The normalized spacial score (nSPS) is 19.9. The van der Waals surface area contributed by atoms with E-state index >= 15 is 0 Å². The highest BCUT2D eigenvalue weighted by molar-refractivity contribution is 5.98. The van der Waals surface area contributed by atoms with Crippen LogP contribution < -0.4 is 0 Å². The number of amides is 2. The fourth-order valence-corrected chi connectivity index (χ4v) is 4.74. The lowest BCUT2D eigenvalue weighted by molar-refractivity contribution is -0.131. The lowest BCUT2D eigenvalue weighted by atomic mass is 9.72. The molecule has 0 N–H and O–H groups in total. The number of para-hydroxylation sites is 1. The first kappa shape index (κ1) is 17.1. The molecule has 26 heavy (non-hydrogen) atoms. The topological polar surface area (TPSA) is 45.6 Å². The summed E-state index contributed by atoms with van der Waals surface area (Å²) in [6, 6.07) is 10.1. The van der Waals surface area contributed by atoms with Crippen LogP contribution in [0.15, 0.2) is 30.3 Å². The van der Waals surface area contributed by atoms with Crippen LogP contribution in [0, 0.1) is 5.41 Å². The monoisotopic (exact) mass is 353 g/mol. The van der Waals surface area contributed by atoms with E-state index in [1.807, 2.05) is 39.6 Å². The molecular formula is C21H27N3O2. The van der Waals surface area contributed by atoms with Crippen molar-refractivity contribution in [3.8, 4) is 0 Å². The Kier molecular flexibility index (Phi) is 4.25. The van der Waals surface area contributed by atoms with Crippen molar-refractivity contribution in [3.63, 3.8) is 0 Å². The number of rotatable bonds is 1. The molecule has 0 bridgehead atoms. The highest BCUT2D eigenvalue weighted by Crippen LogP contribution is 2.40. The first-order valence-electron chi connectivity index (χ1n) is 9.58. The van der Waals surface area contributed by atoms with Gasteiger partial charge in [0, 0.05) is 51.1 Å². The minimum atomic E-state index is 0.136. The first-order valence-corrected chi connectivity index (χ1v) is 9.58. The van der Waals surface area contributed by atoms with Crippen molar-refractivity contribution in [3.05, 3.63) is 36.0 Å². The summed E-state index contributed by atoms with van der Waals surface area (Å²) in [5.74, 6) is 0.302. The molecule has 0 radical (unpaired) electrons. The Bertz CT molecular complexity index is 846. The highest BCUT2D eigenvalue weighted by atomic mass is 16.2. The molecule has 0 saturated carbocycles. The predicted octanol–water partition coefficient (Wildman–Crippen LogP) is 3.04. The largest absolute Gasteiger partial charge is 0.343 e. The molecule has 1 aromatic heterocycles. The van der Waals surface area contributed by atoms with Crippen molar-refractivity contribution in [1.82, 2.24) is 14.4 Å². The van der Waals surface area contributed by atoms with Gasteiger partial charge in [0.25, 0.3) is 5.91 Å². The second-order valence-electron chi connectivity index (χ2n) is 7.98. The number of piperidine rings is 2. The minimum Gasteiger partial charge on any atom is -0.343 e. The number of aryl methyl sites for hydroxylation is 1. The molecule has 0 unspecified atom stereocenters. The van der Waals surface area contributed by atoms with Gasteiger partial charge in [-0.05, 0) is 43.2 Å². The van der Waals surface area contributed by atoms with E-state index in [1.165, 1.54) is 0 Å². The molecule has 2 amide bonds. The summed E-state index contributed by atoms with van der Waals surface area (Å²) >= 11 is 0. The maximum absolute atomic E-state index is 13.2. The number of carbonyl (C=O) groups is 2. The zero-order chi connectivity index (χ0) is 18.3. The number of hydrogen-bond donors (Lipinski definition) is 0. The third-order valence-corrected chi connectivity index (χ3v) is 6.39. The summed E-state index contributed by atoms with van der Waals surface area (Å²) in [7, 11) is 1.97. The maximum atomic E-state index is 13.2. The van der Waals surface area contributed by atoms with Crippen LogP contribution in [0.1, 0.15) is 43.1 Å². The molecule has 138 valence electrons. The van der Waals surface area contributed by atoms with Gasteiger partial charge in [0.05, 0.1) is 0 Å². The molecule has 2 saturated heterocycles. The number of hydrogen-bond acceptors (Lipinski definition) is 2. The van der Waals surface area contributed by atoms with Gasteiger partial charge in [-0.25, -0.2) is 0 Å². The average Bonchev–Trinajstić information content (AvgIpc) is 2.99. The molecule has 0 atom stereocenters. The molecule has 2 aromatic rings. The molecule has 1 spiro atoms. The SMILES string of the molecule is CC(=O)N1CCC2(CCCN(C(=O)c3cc4ccccc4n3C)C2)CC1. The van der Waals surface area contributed by atoms with Gasteiger partial charge in [0.2, 0.25) is 5.91 Å².